The molecule has 4 aromatic rings. The van der Waals surface area contributed by atoms with Crippen LogP contribution in [-0.4, -0.2) is 39.1 Å². The molecule has 0 aliphatic rings. The molecular weight excluding hydrogens is 402 g/mol. The number of anilines is 3. The number of imidazole rings is 1. The van der Waals surface area contributed by atoms with Crippen LogP contribution in [0.25, 0.3) is 0 Å². The molecule has 2 heterocycles. The lowest BCUT2D eigenvalue weighted by atomic mass is 9.87. The van der Waals surface area contributed by atoms with Gasteiger partial charge in [0.15, 0.2) is 5.13 Å². The Kier molecular flexibility index (Phi) is 5.94. The van der Waals surface area contributed by atoms with Gasteiger partial charge in [-0.2, -0.15) is 0 Å². The lowest BCUT2D eigenvalue weighted by Crippen LogP contribution is -2.46. The molecule has 31 heavy (non-hydrogen) atoms. The predicted molar refractivity (Wildman–Crippen MR) is 130 cm³/mol. The van der Waals surface area contributed by atoms with Crippen molar-refractivity contribution in [2.24, 2.45) is 0 Å². The van der Waals surface area contributed by atoms with Crippen LogP contribution < -0.4 is 4.90 Å². The van der Waals surface area contributed by atoms with Gasteiger partial charge in [-0.15, -0.1) is 11.3 Å². The molecule has 0 saturated heterocycles. The van der Waals surface area contributed by atoms with Gasteiger partial charge < -0.3 is 9.47 Å². The van der Waals surface area contributed by atoms with Crippen LogP contribution in [0, 0.1) is 6.92 Å². The smallest absolute Gasteiger partial charge is 0.194 e. The molecule has 1 unspecified atom stereocenters. The van der Waals surface area contributed by atoms with Crippen molar-refractivity contribution < 1.29 is 0 Å². The minimum absolute atomic E-state index is 0.104. The number of hydrogen-bond acceptors (Lipinski definition) is 5. The van der Waals surface area contributed by atoms with Gasteiger partial charge in [-0.05, 0) is 64.2 Å². The number of benzene rings is 2. The van der Waals surface area contributed by atoms with Gasteiger partial charge in [-0.25, -0.2) is 9.97 Å². The lowest BCUT2D eigenvalue weighted by Gasteiger charge is -2.41. The Morgan fingerprint density at radius 2 is 1.74 bits per heavy atom. The summed E-state index contributed by atoms with van der Waals surface area (Å²) in [6, 6.07) is 17.4. The van der Waals surface area contributed by atoms with E-state index in [0.29, 0.717) is 0 Å². The van der Waals surface area contributed by atoms with Crippen molar-refractivity contribution in [2.45, 2.75) is 32.4 Å². The van der Waals surface area contributed by atoms with Crippen LogP contribution >= 0.6 is 11.3 Å². The summed E-state index contributed by atoms with van der Waals surface area (Å²) in [5.74, 6) is 0. The topological polar surface area (TPSA) is 37.2 Å². The van der Waals surface area contributed by atoms with E-state index in [0.717, 1.165) is 16.5 Å². The minimum atomic E-state index is -0.104. The van der Waals surface area contributed by atoms with E-state index in [2.05, 4.69) is 108 Å². The fraction of sp³-hybridized carbons (Fsp3) is 0.280. The average molecular weight is 432 g/mol. The summed E-state index contributed by atoms with van der Waals surface area (Å²) < 4.78 is 2.19. The van der Waals surface area contributed by atoms with Crippen molar-refractivity contribution in [1.29, 1.82) is 0 Å². The molecule has 0 radical (unpaired) electrons. The SMILES string of the molecule is Cc1ccccc1N(c1ccc(C(n2ccnc2)C(C)(C)N(C)C)cc1)c1nccs1. The van der Waals surface area contributed by atoms with E-state index in [-0.39, 0.29) is 11.6 Å². The normalized spacial score (nSPS) is 12.8. The Hall–Kier alpha value is -2.96. The van der Waals surface area contributed by atoms with E-state index < -0.39 is 0 Å². The van der Waals surface area contributed by atoms with Crippen molar-refractivity contribution in [1.82, 2.24) is 19.4 Å². The summed E-state index contributed by atoms with van der Waals surface area (Å²) in [4.78, 5) is 13.4. The number of thiazole rings is 1. The predicted octanol–water partition coefficient (Wildman–Crippen LogP) is 6.05. The van der Waals surface area contributed by atoms with Crippen LogP contribution in [0.2, 0.25) is 0 Å². The van der Waals surface area contributed by atoms with E-state index in [1.165, 1.54) is 11.1 Å². The Morgan fingerprint density at radius 1 is 1.00 bits per heavy atom. The second kappa shape index (κ2) is 8.65. The summed E-state index contributed by atoms with van der Waals surface area (Å²) in [6.45, 7) is 6.67. The van der Waals surface area contributed by atoms with Crippen LogP contribution in [0.4, 0.5) is 16.5 Å². The second-order valence-electron chi connectivity index (χ2n) is 8.49. The number of rotatable bonds is 7. The zero-order valence-electron chi connectivity index (χ0n) is 18.7. The molecule has 4 rings (SSSR count). The van der Waals surface area contributed by atoms with E-state index in [9.17, 15) is 0 Å². The number of para-hydroxylation sites is 1. The van der Waals surface area contributed by atoms with Crippen molar-refractivity contribution in [3.8, 4) is 0 Å². The molecule has 0 fully saturated rings. The average Bonchev–Trinajstić information content (AvgIpc) is 3.45. The highest BCUT2D eigenvalue weighted by atomic mass is 32.1. The zero-order valence-corrected chi connectivity index (χ0v) is 19.5. The molecule has 0 aliphatic heterocycles. The molecule has 2 aromatic carbocycles. The van der Waals surface area contributed by atoms with Crippen LogP contribution in [0.1, 0.15) is 31.0 Å². The summed E-state index contributed by atoms with van der Waals surface area (Å²) >= 11 is 1.64. The first kappa shape index (κ1) is 21.3. The molecule has 0 aliphatic carbocycles. The molecule has 0 spiro atoms. The highest BCUT2D eigenvalue weighted by molar-refractivity contribution is 7.13. The highest BCUT2D eigenvalue weighted by Crippen LogP contribution is 2.39. The van der Waals surface area contributed by atoms with E-state index in [1.54, 1.807) is 11.3 Å². The summed E-state index contributed by atoms with van der Waals surface area (Å²) in [6.07, 6.45) is 7.64. The zero-order chi connectivity index (χ0) is 22.0. The number of hydrogen-bond donors (Lipinski definition) is 0. The molecule has 0 saturated carbocycles. The molecule has 0 amide bonds. The van der Waals surface area contributed by atoms with E-state index in [1.807, 2.05) is 30.3 Å². The number of nitrogens with zero attached hydrogens (tertiary/aromatic N) is 5. The van der Waals surface area contributed by atoms with Gasteiger partial charge in [0.25, 0.3) is 0 Å². The first-order valence-corrected chi connectivity index (χ1v) is 11.3. The van der Waals surface area contributed by atoms with Gasteiger partial charge in [-0.3, -0.25) is 4.90 Å². The van der Waals surface area contributed by atoms with Gasteiger partial charge in [0, 0.05) is 35.2 Å². The van der Waals surface area contributed by atoms with Gasteiger partial charge in [0.2, 0.25) is 0 Å². The molecule has 0 bridgehead atoms. The monoisotopic (exact) mass is 431 g/mol. The van der Waals surface area contributed by atoms with E-state index in [4.69, 9.17) is 0 Å². The van der Waals surface area contributed by atoms with Crippen molar-refractivity contribution >= 4 is 27.8 Å². The largest absolute Gasteiger partial charge is 0.328 e. The molecular formula is C25H29N5S. The molecule has 2 aromatic heterocycles. The van der Waals surface area contributed by atoms with Crippen molar-refractivity contribution in [3.05, 3.63) is 90.0 Å². The highest BCUT2D eigenvalue weighted by Gasteiger charge is 2.34. The maximum Gasteiger partial charge on any atom is 0.194 e. The summed E-state index contributed by atoms with van der Waals surface area (Å²) in [5.41, 5.74) is 4.59. The van der Waals surface area contributed by atoms with Gasteiger partial charge in [-0.1, -0.05) is 30.3 Å². The standard InChI is InChI=1S/C25H29N5S/c1-19-8-6-7-9-22(19)30(24-27-15-17-31-24)21-12-10-20(11-13-21)23(25(2,3)28(4)5)29-16-14-26-18-29/h6-18,23H,1-5H3. The first-order valence-electron chi connectivity index (χ1n) is 10.4. The molecule has 160 valence electrons. The summed E-state index contributed by atoms with van der Waals surface area (Å²) in [5, 5.41) is 2.98. The molecule has 1 atom stereocenters. The van der Waals surface area contributed by atoms with Gasteiger partial charge in [0.1, 0.15) is 0 Å². The maximum absolute atomic E-state index is 4.60. The Bertz CT molecular complexity index is 1100. The quantitative estimate of drug-likeness (QED) is 0.357. The third kappa shape index (κ3) is 4.13. The maximum atomic E-state index is 4.60. The Balaban J connectivity index is 1.77. The third-order valence-electron chi connectivity index (χ3n) is 6.08. The molecule has 6 heteroatoms. The Morgan fingerprint density at radius 3 is 2.32 bits per heavy atom. The van der Waals surface area contributed by atoms with Crippen LogP contribution in [0.15, 0.2) is 78.8 Å². The van der Waals surface area contributed by atoms with Crippen molar-refractivity contribution in [3.63, 3.8) is 0 Å². The van der Waals surface area contributed by atoms with Gasteiger partial charge >= 0.3 is 0 Å². The first-order chi connectivity index (χ1) is 14.9. The van der Waals surface area contributed by atoms with E-state index >= 15 is 0 Å². The fourth-order valence-electron chi connectivity index (χ4n) is 3.91. The van der Waals surface area contributed by atoms with Crippen molar-refractivity contribution in [2.75, 3.05) is 19.0 Å². The third-order valence-corrected chi connectivity index (χ3v) is 6.84. The number of aromatic nitrogens is 3. The van der Waals surface area contributed by atoms with Gasteiger partial charge in [0.05, 0.1) is 18.1 Å². The van der Waals surface area contributed by atoms with Crippen LogP contribution in [0.3, 0.4) is 0 Å². The molecule has 0 N–H and O–H groups in total. The number of aryl methyl sites for hydroxylation is 1. The second-order valence-corrected chi connectivity index (χ2v) is 9.36. The fourth-order valence-corrected chi connectivity index (χ4v) is 4.58. The molecule has 5 nitrogen and oxygen atoms in total. The van der Waals surface area contributed by atoms with Crippen LogP contribution in [-0.2, 0) is 0 Å². The summed E-state index contributed by atoms with van der Waals surface area (Å²) in [7, 11) is 4.25. The van der Waals surface area contributed by atoms with Crippen LogP contribution in [0.5, 0.6) is 0 Å². The lowest BCUT2D eigenvalue weighted by molar-refractivity contribution is 0.141. The Labute approximate surface area is 188 Å². The number of likely N-dealkylation sites (N-methyl/N-ethyl adjacent to an activating group) is 1. The minimum Gasteiger partial charge on any atom is -0.328 e.